The van der Waals surface area contributed by atoms with E-state index < -0.39 is 12.1 Å². The Bertz CT molecular complexity index is 616. The molecule has 1 heterocycles. The first-order chi connectivity index (χ1) is 11.8. The van der Waals surface area contributed by atoms with Gasteiger partial charge in [-0.1, -0.05) is 18.2 Å². The van der Waals surface area contributed by atoms with E-state index in [4.69, 9.17) is 4.74 Å². The molecule has 1 aromatic carbocycles. The maximum absolute atomic E-state index is 12.3. The zero-order valence-electron chi connectivity index (χ0n) is 14.0. The number of carbonyl (C=O) groups is 1. The van der Waals surface area contributed by atoms with Crippen molar-refractivity contribution in [2.75, 3.05) is 19.7 Å². The number of fused-ring (bicyclic) bond motifs is 1. The zero-order chi connectivity index (χ0) is 16.8. The second-order valence-electron chi connectivity index (χ2n) is 6.62. The Morgan fingerprint density at radius 2 is 2.17 bits per heavy atom. The predicted molar refractivity (Wildman–Crippen MR) is 91.6 cm³/mol. The van der Waals surface area contributed by atoms with Crippen LogP contribution in [-0.2, 0) is 28.8 Å². The van der Waals surface area contributed by atoms with Gasteiger partial charge in [0.2, 0.25) is 0 Å². The maximum Gasteiger partial charge on any atom is 0.251 e. The van der Waals surface area contributed by atoms with Gasteiger partial charge in [0.1, 0.15) is 12.1 Å². The molecule has 2 atom stereocenters. The standard InChI is InChI=1S/C19H25N3O2/c20-12-17(22-19(23)18-13-21-8-3-9-24-18)11-14-6-7-15-4-1-2-5-16(15)10-14/h6-7,10,17-18,21H,1-5,8-9,11,13H2,(H,22,23)/t17?,18-/m0/s1. The lowest BCUT2D eigenvalue weighted by Crippen LogP contribution is -2.46. The minimum atomic E-state index is -0.522. The molecule has 5 nitrogen and oxygen atoms in total. The van der Waals surface area contributed by atoms with E-state index in [1.807, 2.05) is 0 Å². The molecule has 0 radical (unpaired) electrons. The largest absolute Gasteiger partial charge is 0.367 e. The molecule has 2 N–H and O–H groups in total. The normalized spacial score (nSPS) is 21.9. The van der Waals surface area contributed by atoms with Gasteiger partial charge in [0, 0.05) is 19.6 Å². The van der Waals surface area contributed by atoms with Crippen LogP contribution in [0, 0.1) is 11.3 Å². The van der Waals surface area contributed by atoms with E-state index in [2.05, 4.69) is 34.9 Å². The van der Waals surface area contributed by atoms with Crippen LogP contribution in [0.3, 0.4) is 0 Å². The first kappa shape index (κ1) is 16.9. The van der Waals surface area contributed by atoms with Gasteiger partial charge in [-0.25, -0.2) is 0 Å². The van der Waals surface area contributed by atoms with Crippen LogP contribution in [0.15, 0.2) is 18.2 Å². The fourth-order valence-corrected chi connectivity index (χ4v) is 3.43. The van der Waals surface area contributed by atoms with Crippen LogP contribution < -0.4 is 10.6 Å². The Kier molecular flexibility index (Phi) is 5.84. The number of rotatable bonds is 4. The molecular weight excluding hydrogens is 302 g/mol. The smallest absolute Gasteiger partial charge is 0.251 e. The number of amides is 1. The minimum absolute atomic E-state index is 0.200. The molecule has 1 aromatic rings. The van der Waals surface area contributed by atoms with Crippen molar-refractivity contribution in [3.63, 3.8) is 0 Å². The number of carbonyl (C=O) groups excluding carboxylic acids is 1. The molecule has 128 valence electrons. The van der Waals surface area contributed by atoms with E-state index in [1.54, 1.807) is 0 Å². The van der Waals surface area contributed by atoms with Crippen molar-refractivity contribution in [2.45, 2.75) is 50.7 Å². The number of ether oxygens (including phenoxy) is 1. The average Bonchev–Trinajstić information content (AvgIpc) is 2.90. The van der Waals surface area contributed by atoms with Gasteiger partial charge in [-0.3, -0.25) is 4.79 Å². The molecule has 0 saturated carbocycles. The Morgan fingerprint density at radius 1 is 1.33 bits per heavy atom. The van der Waals surface area contributed by atoms with Crippen molar-refractivity contribution in [3.05, 3.63) is 34.9 Å². The Morgan fingerprint density at radius 3 is 3.00 bits per heavy atom. The lowest BCUT2D eigenvalue weighted by Gasteiger charge is -2.19. The summed E-state index contributed by atoms with van der Waals surface area (Å²) in [6, 6.07) is 8.16. The minimum Gasteiger partial charge on any atom is -0.367 e. The number of nitrogens with one attached hydrogen (secondary N) is 2. The SMILES string of the molecule is N#CC(Cc1ccc2c(c1)CCCC2)NC(=O)[C@@H]1CNCCCO1. The summed E-state index contributed by atoms with van der Waals surface area (Å²) in [4.78, 5) is 12.3. The van der Waals surface area contributed by atoms with E-state index in [9.17, 15) is 10.1 Å². The molecule has 24 heavy (non-hydrogen) atoms. The highest BCUT2D eigenvalue weighted by Gasteiger charge is 2.23. The number of hydrogen-bond donors (Lipinski definition) is 2. The van der Waals surface area contributed by atoms with Crippen LogP contribution >= 0.6 is 0 Å². The van der Waals surface area contributed by atoms with Gasteiger partial charge in [-0.05, 0) is 55.3 Å². The molecule has 1 unspecified atom stereocenters. The molecule has 1 fully saturated rings. The fraction of sp³-hybridized carbons (Fsp3) is 0.579. The van der Waals surface area contributed by atoms with Gasteiger partial charge in [0.15, 0.2) is 0 Å². The second-order valence-corrected chi connectivity index (χ2v) is 6.62. The van der Waals surface area contributed by atoms with Crippen LogP contribution in [0.5, 0.6) is 0 Å². The second kappa shape index (κ2) is 8.27. The van der Waals surface area contributed by atoms with E-state index in [1.165, 1.54) is 24.0 Å². The van der Waals surface area contributed by atoms with Crippen molar-refractivity contribution >= 4 is 5.91 Å². The Hall–Kier alpha value is -1.90. The van der Waals surface area contributed by atoms with E-state index >= 15 is 0 Å². The third-order valence-corrected chi connectivity index (χ3v) is 4.76. The summed E-state index contributed by atoms with van der Waals surface area (Å²) in [5.41, 5.74) is 3.95. The van der Waals surface area contributed by atoms with Gasteiger partial charge in [0.25, 0.3) is 5.91 Å². The van der Waals surface area contributed by atoms with Gasteiger partial charge < -0.3 is 15.4 Å². The zero-order valence-corrected chi connectivity index (χ0v) is 14.0. The predicted octanol–water partition coefficient (Wildman–Crippen LogP) is 1.49. The van der Waals surface area contributed by atoms with Gasteiger partial charge in [0.05, 0.1) is 6.07 Å². The molecule has 1 amide bonds. The molecule has 2 aliphatic rings. The Labute approximate surface area is 143 Å². The summed E-state index contributed by atoms with van der Waals surface area (Å²) in [5.74, 6) is -0.200. The van der Waals surface area contributed by atoms with Crippen LogP contribution in [0.4, 0.5) is 0 Å². The van der Waals surface area contributed by atoms with E-state index in [-0.39, 0.29) is 5.91 Å². The summed E-state index contributed by atoms with van der Waals surface area (Å²) in [6.45, 7) is 1.94. The molecule has 1 aliphatic carbocycles. The number of nitrogens with zero attached hydrogens (tertiary/aromatic N) is 1. The number of benzene rings is 1. The molecular formula is C19H25N3O2. The van der Waals surface area contributed by atoms with E-state index in [0.717, 1.165) is 31.4 Å². The van der Waals surface area contributed by atoms with Crippen LogP contribution in [0.2, 0.25) is 0 Å². The topological polar surface area (TPSA) is 74.2 Å². The van der Waals surface area contributed by atoms with Gasteiger partial charge in [-0.15, -0.1) is 0 Å². The van der Waals surface area contributed by atoms with E-state index in [0.29, 0.717) is 19.6 Å². The monoisotopic (exact) mass is 327 g/mol. The number of nitriles is 1. The fourth-order valence-electron chi connectivity index (χ4n) is 3.43. The maximum atomic E-state index is 12.3. The highest BCUT2D eigenvalue weighted by atomic mass is 16.5. The van der Waals surface area contributed by atoms with Crippen LogP contribution in [-0.4, -0.2) is 37.7 Å². The lowest BCUT2D eigenvalue weighted by atomic mass is 9.89. The molecule has 1 aliphatic heterocycles. The number of hydrogen-bond acceptors (Lipinski definition) is 4. The molecule has 3 rings (SSSR count). The van der Waals surface area contributed by atoms with Crippen molar-refractivity contribution in [2.24, 2.45) is 0 Å². The van der Waals surface area contributed by atoms with Crippen molar-refractivity contribution in [3.8, 4) is 6.07 Å². The quantitative estimate of drug-likeness (QED) is 0.879. The van der Waals surface area contributed by atoms with Crippen molar-refractivity contribution < 1.29 is 9.53 Å². The Balaban J connectivity index is 1.60. The summed E-state index contributed by atoms with van der Waals surface area (Å²) >= 11 is 0. The third kappa shape index (κ3) is 4.34. The first-order valence-electron chi connectivity index (χ1n) is 8.89. The highest BCUT2D eigenvalue weighted by Crippen LogP contribution is 2.22. The molecule has 0 aromatic heterocycles. The van der Waals surface area contributed by atoms with Crippen LogP contribution in [0.1, 0.15) is 36.0 Å². The molecule has 0 spiro atoms. The lowest BCUT2D eigenvalue weighted by molar-refractivity contribution is -0.132. The van der Waals surface area contributed by atoms with Gasteiger partial charge in [-0.2, -0.15) is 5.26 Å². The average molecular weight is 327 g/mol. The summed E-state index contributed by atoms with van der Waals surface area (Å²) < 4.78 is 5.55. The van der Waals surface area contributed by atoms with Crippen molar-refractivity contribution in [1.82, 2.24) is 10.6 Å². The third-order valence-electron chi connectivity index (χ3n) is 4.76. The molecule has 5 heteroatoms. The van der Waals surface area contributed by atoms with Crippen molar-refractivity contribution in [1.29, 1.82) is 5.26 Å². The highest BCUT2D eigenvalue weighted by molar-refractivity contribution is 5.81. The van der Waals surface area contributed by atoms with Gasteiger partial charge >= 0.3 is 0 Å². The van der Waals surface area contributed by atoms with Crippen LogP contribution in [0.25, 0.3) is 0 Å². The first-order valence-corrected chi connectivity index (χ1v) is 8.89. The molecule has 1 saturated heterocycles. The number of aryl methyl sites for hydroxylation is 2. The summed E-state index contributed by atoms with van der Waals surface area (Å²) in [5, 5.41) is 15.4. The summed E-state index contributed by atoms with van der Waals surface area (Å²) in [6.07, 6.45) is 5.70. The molecule has 0 bridgehead atoms. The summed E-state index contributed by atoms with van der Waals surface area (Å²) in [7, 11) is 0.